The first-order chi connectivity index (χ1) is 14.5. The van der Waals surface area contributed by atoms with E-state index in [1.54, 1.807) is 24.3 Å². The monoisotopic (exact) mass is 406 g/mol. The highest BCUT2D eigenvalue weighted by atomic mass is 16.5. The van der Waals surface area contributed by atoms with Crippen molar-refractivity contribution in [3.8, 4) is 0 Å². The lowest BCUT2D eigenvalue weighted by atomic mass is 9.76. The number of likely N-dealkylation sites (tertiary alicyclic amines) is 1. The first kappa shape index (κ1) is 19.1. The van der Waals surface area contributed by atoms with Gasteiger partial charge in [-0.3, -0.25) is 9.59 Å². The number of carbonyl (C=O) groups is 2. The van der Waals surface area contributed by atoms with Crippen LogP contribution in [0.4, 0.5) is 0 Å². The van der Waals surface area contributed by atoms with E-state index in [4.69, 9.17) is 4.74 Å². The minimum absolute atomic E-state index is 0.0266. The molecule has 5 rings (SSSR count). The minimum atomic E-state index is -0.666. The van der Waals surface area contributed by atoms with Gasteiger partial charge in [0.05, 0.1) is 31.0 Å². The maximum Gasteiger partial charge on any atom is 0.230 e. The zero-order chi connectivity index (χ0) is 20.9. The summed E-state index contributed by atoms with van der Waals surface area (Å²) in [6.07, 6.45) is 7.82. The number of carbonyl (C=O) groups excluding carboxylic acids is 2. The highest BCUT2D eigenvalue weighted by molar-refractivity contribution is 5.93. The number of amides is 2. The zero-order valence-corrected chi connectivity index (χ0v) is 17.2. The van der Waals surface area contributed by atoms with Gasteiger partial charge in [-0.25, -0.2) is 4.98 Å². The van der Waals surface area contributed by atoms with Crippen LogP contribution < -0.4 is 0 Å². The summed E-state index contributed by atoms with van der Waals surface area (Å²) in [6, 6.07) is 8.39. The van der Waals surface area contributed by atoms with E-state index in [2.05, 4.69) is 41.2 Å². The molecule has 2 amide bonds. The van der Waals surface area contributed by atoms with Gasteiger partial charge in [0.25, 0.3) is 0 Å². The molecule has 1 spiro atoms. The summed E-state index contributed by atoms with van der Waals surface area (Å²) in [6.45, 7) is 3.59. The molecule has 0 radical (unpaired) electrons. The molecule has 1 aromatic carbocycles. The first-order valence-corrected chi connectivity index (χ1v) is 10.4. The van der Waals surface area contributed by atoms with Crippen molar-refractivity contribution in [2.24, 2.45) is 11.8 Å². The zero-order valence-electron chi connectivity index (χ0n) is 17.2. The number of rotatable bonds is 6. The normalized spacial score (nSPS) is 28.9. The average molecular weight is 406 g/mol. The second-order valence-corrected chi connectivity index (χ2v) is 8.63. The van der Waals surface area contributed by atoms with Gasteiger partial charge in [0, 0.05) is 26.0 Å². The van der Waals surface area contributed by atoms with Gasteiger partial charge in [-0.15, -0.1) is 0 Å². The molecule has 3 aliphatic heterocycles. The van der Waals surface area contributed by atoms with E-state index in [-0.39, 0.29) is 17.9 Å². The molecule has 7 nitrogen and oxygen atoms in total. The highest BCUT2D eigenvalue weighted by Crippen LogP contribution is 2.52. The number of benzene rings is 1. The number of fused-ring (bicyclic) bond motifs is 1. The van der Waals surface area contributed by atoms with E-state index < -0.39 is 17.4 Å². The summed E-state index contributed by atoms with van der Waals surface area (Å²) in [5, 5.41) is 0. The van der Waals surface area contributed by atoms with Gasteiger partial charge < -0.3 is 19.5 Å². The van der Waals surface area contributed by atoms with Crippen LogP contribution in [0.1, 0.15) is 17.0 Å². The van der Waals surface area contributed by atoms with Crippen LogP contribution in [-0.4, -0.2) is 63.4 Å². The van der Waals surface area contributed by atoms with Crippen LogP contribution >= 0.6 is 0 Å². The topological polar surface area (TPSA) is 78.5 Å². The van der Waals surface area contributed by atoms with Crippen molar-refractivity contribution >= 4 is 11.8 Å². The summed E-state index contributed by atoms with van der Waals surface area (Å²) in [5.74, 6) is -0.248. The molecule has 30 heavy (non-hydrogen) atoms. The number of ether oxygens (including phenoxy) is 1. The van der Waals surface area contributed by atoms with Crippen LogP contribution in [0.2, 0.25) is 0 Å². The molecule has 2 saturated heterocycles. The van der Waals surface area contributed by atoms with Gasteiger partial charge >= 0.3 is 0 Å². The third-order valence-electron chi connectivity index (χ3n) is 6.57. The van der Waals surface area contributed by atoms with Crippen molar-refractivity contribution in [3.05, 3.63) is 65.8 Å². The number of hydrogen-bond acceptors (Lipinski definition) is 4. The molecule has 0 aliphatic carbocycles. The molecule has 0 unspecified atom stereocenters. The fraction of sp³-hybridized carbons (Fsp3) is 0.435. The van der Waals surface area contributed by atoms with Crippen LogP contribution in [-0.2, 0) is 27.3 Å². The molecule has 4 heterocycles. The van der Waals surface area contributed by atoms with Crippen molar-refractivity contribution in [2.75, 3.05) is 20.1 Å². The number of H-pyrrole nitrogens is 1. The molecular formula is C23H26N4O3. The summed E-state index contributed by atoms with van der Waals surface area (Å²) in [4.78, 5) is 37.3. The Morgan fingerprint density at radius 1 is 1.37 bits per heavy atom. The summed E-state index contributed by atoms with van der Waals surface area (Å²) in [5.41, 5.74) is 1.76. The number of hydrogen-bond donors (Lipinski definition) is 1. The fourth-order valence-corrected chi connectivity index (χ4v) is 5.01. The van der Waals surface area contributed by atoms with Crippen LogP contribution in [0.25, 0.3) is 0 Å². The predicted octanol–water partition coefficient (Wildman–Crippen LogP) is 1.70. The molecule has 4 atom stereocenters. The van der Waals surface area contributed by atoms with Crippen LogP contribution in [0.15, 0.2) is 48.8 Å². The van der Waals surface area contributed by atoms with Gasteiger partial charge in [-0.05, 0) is 18.9 Å². The van der Waals surface area contributed by atoms with Gasteiger partial charge in [0.15, 0.2) is 0 Å². The predicted molar refractivity (Wildman–Crippen MR) is 110 cm³/mol. The van der Waals surface area contributed by atoms with Gasteiger partial charge in [-0.2, -0.15) is 0 Å². The summed E-state index contributed by atoms with van der Waals surface area (Å²) in [7, 11) is 1.75. The summed E-state index contributed by atoms with van der Waals surface area (Å²) >= 11 is 0. The highest BCUT2D eigenvalue weighted by Gasteiger charge is 2.66. The van der Waals surface area contributed by atoms with Gasteiger partial charge in [0.1, 0.15) is 11.4 Å². The SMILES string of the molecule is Cc1ccc(CCN2C[C@]34C=C[C@H](O3)[C@@H](C(=O)N(C)Cc3ncc[nH]3)[C@@H]4C2=O)cc1. The van der Waals surface area contributed by atoms with E-state index in [1.807, 2.05) is 17.1 Å². The van der Waals surface area contributed by atoms with Gasteiger partial charge in [0.2, 0.25) is 11.8 Å². The molecule has 2 aromatic rings. The Morgan fingerprint density at radius 3 is 2.90 bits per heavy atom. The first-order valence-electron chi connectivity index (χ1n) is 10.4. The van der Waals surface area contributed by atoms with E-state index in [1.165, 1.54) is 11.1 Å². The van der Waals surface area contributed by atoms with Crippen LogP contribution in [0.5, 0.6) is 0 Å². The average Bonchev–Trinajstić information content (AvgIpc) is 3.50. The molecule has 2 fully saturated rings. The van der Waals surface area contributed by atoms with Crippen molar-refractivity contribution in [2.45, 2.75) is 31.6 Å². The number of aryl methyl sites for hydroxylation is 1. The molecule has 1 aromatic heterocycles. The Bertz CT molecular complexity index is 984. The van der Waals surface area contributed by atoms with Crippen LogP contribution in [0.3, 0.4) is 0 Å². The lowest BCUT2D eigenvalue weighted by molar-refractivity contribution is -0.142. The minimum Gasteiger partial charge on any atom is -0.360 e. The Hall–Kier alpha value is -2.93. The summed E-state index contributed by atoms with van der Waals surface area (Å²) < 4.78 is 6.23. The van der Waals surface area contributed by atoms with E-state index in [0.29, 0.717) is 19.6 Å². The van der Waals surface area contributed by atoms with Crippen molar-refractivity contribution in [1.82, 2.24) is 19.8 Å². The maximum atomic E-state index is 13.3. The van der Waals surface area contributed by atoms with E-state index >= 15 is 0 Å². The molecule has 2 bridgehead atoms. The van der Waals surface area contributed by atoms with Crippen molar-refractivity contribution in [3.63, 3.8) is 0 Å². The number of imidazole rings is 1. The molecule has 156 valence electrons. The number of aromatic amines is 1. The van der Waals surface area contributed by atoms with Crippen molar-refractivity contribution in [1.29, 1.82) is 0 Å². The van der Waals surface area contributed by atoms with E-state index in [0.717, 1.165) is 12.2 Å². The Kier molecular flexibility index (Phi) is 4.50. The molecular weight excluding hydrogens is 380 g/mol. The Morgan fingerprint density at radius 2 is 2.17 bits per heavy atom. The molecule has 1 N–H and O–H groups in total. The van der Waals surface area contributed by atoms with Gasteiger partial charge in [-0.1, -0.05) is 42.0 Å². The van der Waals surface area contributed by atoms with E-state index in [9.17, 15) is 9.59 Å². The Balaban J connectivity index is 1.30. The second kappa shape index (κ2) is 7.09. The lowest BCUT2D eigenvalue weighted by Gasteiger charge is -2.27. The third kappa shape index (κ3) is 3.04. The lowest BCUT2D eigenvalue weighted by Crippen LogP contribution is -2.44. The third-order valence-corrected chi connectivity index (χ3v) is 6.57. The molecule has 3 aliphatic rings. The number of nitrogens with one attached hydrogen (secondary N) is 1. The quantitative estimate of drug-likeness (QED) is 0.741. The number of aromatic nitrogens is 2. The fourth-order valence-electron chi connectivity index (χ4n) is 5.01. The van der Waals surface area contributed by atoms with Crippen LogP contribution in [0, 0.1) is 18.8 Å². The largest absolute Gasteiger partial charge is 0.360 e. The molecule has 0 saturated carbocycles. The smallest absolute Gasteiger partial charge is 0.230 e. The standard InChI is InChI=1S/C23H26N4O3/c1-15-3-5-16(6-4-15)8-12-27-14-23-9-7-17(30-23)19(20(23)22(27)29)21(28)26(2)13-18-24-10-11-25-18/h3-7,9-11,17,19-20H,8,12-14H2,1-2H3,(H,24,25)/t17-,19+,20+,23-/m0/s1. The second-order valence-electron chi connectivity index (χ2n) is 8.63. The number of nitrogens with zero attached hydrogens (tertiary/aromatic N) is 3. The molecule has 7 heteroatoms. The Labute approximate surface area is 175 Å². The van der Waals surface area contributed by atoms with Crippen molar-refractivity contribution < 1.29 is 14.3 Å². The maximum absolute atomic E-state index is 13.3.